The van der Waals surface area contributed by atoms with Crippen LogP contribution >= 0.6 is 11.6 Å². The van der Waals surface area contributed by atoms with Gasteiger partial charge < -0.3 is 5.11 Å². The van der Waals surface area contributed by atoms with Gasteiger partial charge in [-0.05, 0) is 6.08 Å². The molecular formula is C6H6ClNO2. The summed E-state index contributed by atoms with van der Waals surface area (Å²) >= 11 is 5.53. The normalized spacial score (nSPS) is 16.9. The minimum absolute atomic E-state index is 0.245. The quantitative estimate of drug-likeness (QED) is 0.546. The van der Waals surface area contributed by atoms with Gasteiger partial charge in [-0.1, -0.05) is 23.8 Å². The van der Waals surface area contributed by atoms with E-state index in [1.807, 2.05) is 0 Å². The topological polar surface area (TPSA) is 40.5 Å². The number of nitrogens with zero attached hydrogens (tertiary/aromatic N) is 1. The fraction of sp³-hybridized carbons (Fsp3) is 0.167. The summed E-state index contributed by atoms with van der Waals surface area (Å²) in [6.07, 6.45) is 3.96. The van der Waals surface area contributed by atoms with Crippen LogP contribution < -0.4 is 0 Å². The average molecular weight is 160 g/mol. The highest BCUT2D eigenvalue weighted by Gasteiger charge is 2.14. The number of carbonyl (C=O) groups is 1. The average Bonchev–Trinajstić information content (AvgIpc) is 1.88. The van der Waals surface area contributed by atoms with Crippen molar-refractivity contribution in [3.05, 3.63) is 23.4 Å². The van der Waals surface area contributed by atoms with E-state index in [4.69, 9.17) is 16.7 Å². The second kappa shape index (κ2) is 2.75. The van der Waals surface area contributed by atoms with Crippen molar-refractivity contribution in [2.45, 2.75) is 0 Å². The van der Waals surface area contributed by atoms with Crippen molar-refractivity contribution in [3.63, 3.8) is 0 Å². The van der Waals surface area contributed by atoms with E-state index >= 15 is 0 Å². The lowest BCUT2D eigenvalue weighted by molar-refractivity contribution is 0.165. The molecule has 0 spiro atoms. The monoisotopic (exact) mass is 159 g/mol. The lowest BCUT2D eigenvalue weighted by atomic mass is 10.4. The van der Waals surface area contributed by atoms with Gasteiger partial charge in [0.1, 0.15) is 5.16 Å². The summed E-state index contributed by atoms with van der Waals surface area (Å²) < 4.78 is 0. The third-order valence-electron chi connectivity index (χ3n) is 1.15. The van der Waals surface area contributed by atoms with E-state index in [2.05, 4.69) is 0 Å². The first-order valence-corrected chi connectivity index (χ1v) is 3.12. The van der Waals surface area contributed by atoms with Crippen LogP contribution in [0.5, 0.6) is 0 Å². The Kier molecular flexibility index (Phi) is 1.97. The van der Waals surface area contributed by atoms with Gasteiger partial charge >= 0.3 is 6.09 Å². The Labute approximate surface area is 63.2 Å². The minimum atomic E-state index is -1.02. The summed E-state index contributed by atoms with van der Waals surface area (Å²) in [5.41, 5.74) is 0. The molecule has 0 atom stereocenters. The molecule has 0 fully saturated rings. The zero-order valence-corrected chi connectivity index (χ0v) is 5.88. The van der Waals surface area contributed by atoms with Crippen LogP contribution in [0.3, 0.4) is 0 Å². The minimum Gasteiger partial charge on any atom is -0.465 e. The first kappa shape index (κ1) is 7.15. The van der Waals surface area contributed by atoms with Crippen molar-refractivity contribution in [1.29, 1.82) is 0 Å². The smallest absolute Gasteiger partial charge is 0.412 e. The molecule has 54 valence electrons. The standard InChI is InChI=1S/C6H6ClNO2/c7-5-3-1-2-4-8(5)6(9)10/h1-3H,4H2,(H,9,10). The Bertz CT molecular complexity index is 210. The highest BCUT2D eigenvalue weighted by atomic mass is 35.5. The largest absolute Gasteiger partial charge is 0.465 e. The molecule has 1 aliphatic heterocycles. The molecule has 4 heteroatoms. The van der Waals surface area contributed by atoms with E-state index in [1.54, 1.807) is 18.2 Å². The number of carboxylic acid groups (broad SMARTS) is 1. The molecule has 0 aliphatic carbocycles. The van der Waals surface area contributed by atoms with E-state index in [9.17, 15) is 4.79 Å². The molecule has 1 amide bonds. The maximum absolute atomic E-state index is 10.3. The molecule has 0 aromatic rings. The van der Waals surface area contributed by atoms with Crippen LogP contribution in [-0.2, 0) is 0 Å². The van der Waals surface area contributed by atoms with Crippen LogP contribution in [0.25, 0.3) is 0 Å². The predicted molar refractivity (Wildman–Crippen MR) is 37.8 cm³/mol. The maximum Gasteiger partial charge on any atom is 0.412 e. The van der Waals surface area contributed by atoms with Gasteiger partial charge in [-0.2, -0.15) is 0 Å². The fourth-order valence-electron chi connectivity index (χ4n) is 0.660. The molecule has 0 saturated carbocycles. The first-order chi connectivity index (χ1) is 4.72. The summed E-state index contributed by atoms with van der Waals surface area (Å²) in [5, 5.41) is 8.72. The number of hydrogen-bond acceptors (Lipinski definition) is 1. The fourth-order valence-corrected chi connectivity index (χ4v) is 0.874. The van der Waals surface area contributed by atoms with Crippen LogP contribution in [-0.4, -0.2) is 22.6 Å². The van der Waals surface area contributed by atoms with Crippen molar-refractivity contribution in [3.8, 4) is 0 Å². The molecule has 0 aromatic carbocycles. The van der Waals surface area contributed by atoms with Gasteiger partial charge in [0.05, 0.1) is 0 Å². The Morgan fingerprint density at radius 2 is 2.50 bits per heavy atom. The van der Waals surface area contributed by atoms with Crippen molar-refractivity contribution >= 4 is 17.7 Å². The maximum atomic E-state index is 10.3. The lowest BCUT2D eigenvalue weighted by Crippen LogP contribution is -2.27. The van der Waals surface area contributed by atoms with Crippen molar-refractivity contribution < 1.29 is 9.90 Å². The van der Waals surface area contributed by atoms with Gasteiger partial charge in [0.25, 0.3) is 0 Å². The Morgan fingerprint density at radius 1 is 1.80 bits per heavy atom. The molecule has 3 nitrogen and oxygen atoms in total. The van der Waals surface area contributed by atoms with Crippen molar-refractivity contribution in [1.82, 2.24) is 4.90 Å². The van der Waals surface area contributed by atoms with Crippen LogP contribution in [0, 0.1) is 0 Å². The van der Waals surface area contributed by atoms with E-state index in [0.717, 1.165) is 4.90 Å². The zero-order chi connectivity index (χ0) is 7.56. The van der Waals surface area contributed by atoms with Crippen LogP contribution in [0.2, 0.25) is 0 Å². The molecule has 0 bridgehead atoms. The van der Waals surface area contributed by atoms with Gasteiger partial charge in [-0.3, -0.25) is 4.90 Å². The highest BCUT2D eigenvalue weighted by Crippen LogP contribution is 2.13. The second-order valence-electron chi connectivity index (χ2n) is 1.81. The number of allylic oxidation sites excluding steroid dienone is 2. The Balaban J connectivity index is 2.73. The van der Waals surface area contributed by atoms with Crippen molar-refractivity contribution in [2.24, 2.45) is 0 Å². The van der Waals surface area contributed by atoms with Crippen LogP contribution in [0.4, 0.5) is 4.79 Å². The van der Waals surface area contributed by atoms with E-state index < -0.39 is 6.09 Å². The molecule has 0 unspecified atom stereocenters. The molecule has 10 heavy (non-hydrogen) atoms. The first-order valence-electron chi connectivity index (χ1n) is 2.74. The van der Waals surface area contributed by atoms with Gasteiger partial charge in [0, 0.05) is 6.54 Å². The molecule has 1 heterocycles. The number of halogens is 1. The molecule has 1 aliphatic rings. The van der Waals surface area contributed by atoms with E-state index in [0.29, 0.717) is 6.54 Å². The predicted octanol–water partition coefficient (Wildman–Crippen LogP) is 1.62. The lowest BCUT2D eigenvalue weighted by Gasteiger charge is -2.17. The molecule has 1 N–H and O–H groups in total. The molecule has 1 rings (SSSR count). The van der Waals surface area contributed by atoms with Crippen molar-refractivity contribution in [2.75, 3.05) is 6.54 Å². The number of amides is 1. The molecular weight excluding hydrogens is 154 g/mol. The summed E-state index contributed by atoms with van der Waals surface area (Å²) in [4.78, 5) is 11.4. The SMILES string of the molecule is O=C(O)N1CC=CC=C1Cl. The van der Waals surface area contributed by atoms with Crippen LogP contribution in [0.1, 0.15) is 0 Å². The molecule has 0 radical (unpaired) electrons. The van der Waals surface area contributed by atoms with E-state index in [-0.39, 0.29) is 5.16 Å². The Morgan fingerprint density at radius 3 is 2.90 bits per heavy atom. The summed E-state index contributed by atoms with van der Waals surface area (Å²) in [7, 11) is 0. The van der Waals surface area contributed by atoms with Crippen LogP contribution in [0.15, 0.2) is 23.4 Å². The summed E-state index contributed by atoms with van der Waals surface area (Å²) in [5.74, 6) is 0. The summed E-state index contributed by atoms with van der Waals surface area (Å²) in [6, 6.07) is 0. The molecule has 0 aromatic heterocycles. The summed E-state index contributed by atoms with van der Waals surface area (Å²) in [6.45, 7) is 0.338. The van der Waals surface area contributed by atoms with Gasteiger partial charge in [0.2, 0.25) is 0 Å². The van der Waals surface area contributed by atoms with Gasteiger partial charge in [0.15, 0.2) is 0 Å². The Hall–Kier alpha value is -0.960. The zero-order valence-electron chi connectivity index (χ0n) is 5.12. The van der Waals surface area contributed by atoms with Gasteiger partial charge in [-0.15, -0.1) is 0 Å². The third kappa shape index (κ3) is 1.30. The van der Waals surface area contributed by atoms with E-state index in [1.165, 1.54) is 0 Å². The highest BCUT2D eigenvalue weighted by molar-refractivity contribution is 6.30. The second-order valence-corrected chi connectivity index (χ2v) is 2.20. The number of rotatable bonds is 0. The van der Waals surface area contributed by atoms with Gasteiger partial charge in [-0.25, -0.2) is 4.79 Å². The third-order valence-corrected chi connectivity index (χ3v) is 1.48. The molecule has 0 saturated heterocycles. The number of hydrogen-bond donors (Lipinski definition) is 1.